The number of hydrogen-bond donors (Lipinski definition) is 1. The van der Waals surface area contributed by atoms with E-state index in [1.807, 2.05) is 6.07 Å². The third kappa shape index (κ3) is 2.05. The van der Waals surface area contributed by atoms with Crippen molar-refractivity contribution in [2.75, 3.05) is 5.32 Å². The van der Waals surface area contributed by atoms with Gasteiger partial charge in [-0.1, -0.05) is 6.07 Å². The van der Waals surface area contributed by atoms with E-state index in [0.29, 0.717) is 17.3 Å². The molecule has 0 saturated heterocycles. The molecule has 0 radical (unpaired) electrons. The van der Waals surface area contributed by atoms with Crippen molar-refractivity contribution in [1.82, 2.24) is 0 Å². The number of nitrogens with zero attached hydrogens (tertiary/aromatic N) is 1. The number of carbonyl (C=O) groups excluding carboxylic acids is 1. The fourth-order valence-electron chi connectivity index (χ4n) is 1.77. The second kappa shape index (κ2) is 4.46. The lowest BCUT2D eigenvalue weighted by atomic mass is 9.69. The van der Waals surface area contributed by atoms with E-state index in [9.17, 15) is 9.18 Å². The lowest BCUT2D eigenvalue weighted by molar-refractivity contribution is -0.126. The van der Waals surface area contributed by atoms with Crippen molar-refractivity contribution in [2.24, 2.45) is 5.41 Å². The van der Waals surface area contributed by atoms with Crippen LogP contribution in [-0.4, -0.2) is 5.91 Å². The van der Waals surface area contributed by atoms with E-state index in [2.05, 4.69) is 21.2 Å². The Morgan fingerprint density at radius 2 is 2.24 bits per heavy atom. The van der Waals surface area contributed by atoms with Crippen LogP contribution in [0.2, 0.25) is 0 Å². The molecule has 0 atom stereocenters. The Bertz CT molecular complexity index is 485. The topological polar surface area (TPSA) is 52.9 Å². The maximum atomic E-state index is 13.5. The third-order valence-electron chi connectivity index (χ3n) is 3.06. The highest BCUT2D eigenvalue weighted by molar-refractivity contribution is 9.10. The zero-order valence-electron chi connectivity index (χ0n) is 8.96. The van der Waals surface area contributed by atoms with Crippen LogP contribution in [0.15, 0.2) is 22.7 Å². The summed E-state index contributed by atoms with van der Waals surface area (Å²) in [6.45, 7) is 0. The molecular formula is C12H10BrFN2O. The van der Waals surface area contributed by atoms with Gasteiger partial charge in [0.2, 0.25) is 5.91 Å². The number of para-hydroxylation sites is 1. The minimum atomic E-state index is -0.971. The highest BCUT2D eigenvalue weighted by atomic mass is 79.9. The van der Waals surface area contributed by atoms with Crippen molar-refractivity contribution in [3.05, 3.63) is 28.5 Å². The van der Waals surface area contributed by atoms with E-state index >= 15 is 0 Å². The minimum Gasteiger partial charge on any atom is -0.321 e. The Labute approximate surface area is 107 Å². The van der Waals surface area contributed by atoms with Crippen molar-refractivity contribution in [3.8, 4) is 6.07 Å². The SMILES string of the molecule is N#CC1(C(=O)Nc2c(F)cccc2Br)CCC1. The summed E-state index contributed by atoms with van der Waals surface area (Å²) in [6.07, 6.45) is 1.95. The molecule has 0 bridgehead atoms. The Kier molecular flexibility index (Phi) is 3.16. The second-order valence-corrected chi connectivity index (χ2v) is 4.95. The molecule has 1 aliphatic rings. The molecule has 5 heteroatoms. The first-order valence-corrected chi connectivity index (χ1v) is 6.05. The summed E-state index contributed by atoms with van der Waals surface area (Å²) in [7, 11) is 0. The van der Waals surface area contributed by atoms with Gasteiger partial charge in [-0.05, 0) is 47.3 Å². The normalized spacial score (nSPS) is 16.8. The van der Waals surface area contributed by atoms with Crippen LogP contribution in [-0.2, 0) is 4.79 Å². The molecule has 0 aromatic heterocycles. The molecule has 2 rings (SSSR count). The Morgan fingerprint density at radius 3 is 2.71 bits per heavy atom. The average Bonchev–Trinajstić information content (AvgIpc) is 2.23. The van der Waals surface area contributed by atoms with Crippen LogP contribution >= 0.6 is 15.9 Å². The Balaban J connectivity index is 2.22. The third-order valence-corrected chi connectivity index (χ3v) is 3.72. The molecule has 0 unspecified atom stereocenters. The molecule has 1 aromatic carbocycles. The van der Waals surface area contributed by atoms with Gasteiger partial charge in [0.05, 0.1) is 11.8 Å². The van der Waals surface area contributed by atoms with Crippen LogP contribution in [0.25, 0.3) is 0 Å². The van der Waals surface area contributed by atoms with Crippen LogP contribution in [0.4, 0.5) is 10.1 Å². The predicted octanol–water partition coefficient (Wildman–Crippen LogP) is 3.22. The number of amides is 1. The number of carbonyl (C=O) groups is 1. The van der Waals surface area contributed by atoms with Crippen molar-refractivity contribution >= 4 is 27.5 Å². The molecule has 0 aliphatic heterocycles. The van der Waals surface area contributed by atoms with Gasteiger partial charge in [0, 0.05) is 4.47 Å². The van der Waals surface area contributed by atoms with Crippen LogP contribution in [0.1, 0.15) is 19.3 Å². The number of halogens is 2. The summed E-state index contributed by atoms with van der Waals surface area (Å²) in [5, 5.41) is 11.5. The first-order chi connectivity index (χ1) is 8.09. The molecule has 1 aliphatic carbocycles. The van der Waals surface area contributed by atoms with E-state index in [4.69, 9.17) is 5.26 Å². The number of rotatable bonds is 2. The van der Waals surface area contributed by atoms with Gasteiger partial charge in [-0.2, -0.15) is 5.26 Å². The lowest BCUT2D eigenvalue weighted by Crippen LogP contribution is -2.40. The molecule has 3 nitrogen and oxygen atoms in total. The van der Waals surface area contributed by atoms with E-state index < -0.39 is 17.1 Å². The predicted molar refractivity (Wildman–Crippen MR) is 64.6 cm³/mol. The maximum Gasteiger partial charge on any atom is 0.244 e. The van der Waals surface area contributed by atoms with Gasteiger partial charge in [0.25, 0.3) is 0 Å². The Hall–Kier alpha value is -1.41. The second-order valence-electron chi connectivity index (χ2n) is 4.10. The van der Waals surface area contributed by atoms with Gasteiger partial charge >= 0.3 is 0 Å². The van der Waals surface area contributed by atoms with E-state index in [0.717, 1.165) is 6.42 Å². The van der Waals surface area contributed by atoms with Gasteiger partial charge in [-0.3, -0.25) is 4.79 Å². The highest BCUT2D eigenvalue weighted by Gasteiger charge is 2.44. The summed E-state index contributed by atoms with van der Waals surface area (Å²) < 4.78 is 14.0. The first kappa shape index (κ1) is 12.1. The molecule has 1 fully saturated rings. The minimum absolute atomic E-state index is 0.0963. The quantitative estimate of drug-likeness (QED) is 0.911. The van der Waals surface area contributed by atoms with Crippen molar-refractivity contribution in [3.63, 3.8) is 0 Å². The fourth-order valence-corrected chi connectivity index (χ4v) is 2.21. The summed E-state index contributed by atoms with van der Waals surface area (Å²) >= 11 is 3.17. The van der Waals surface area contributed by atoms with Crippen LogP contribution in [0.5, 0.6) is 0 Å². The molecule has 1 aromatic rings. The number of benzene rings is 1. The van der Waals surface area contributed by atoms with Gasteiger partial charge < -0.3 is 5.32 Å². The lowest BCUT2D eigenvalue weighted by Gasteiger charge is -2.33. The smallest absolute Gasteiger partial charge is 0.244 e. The molecule has 88 valence electrons. The van der Waals surface area contributed by atoms with Crippen molar-refractivity contribution in [2.45, 2.75) is 19.3 Å². The van der Waals surface area contributed by atoms with Crippen molar-refractivity contribution < 1.29 is 9.18 Å². The summed E-state index contributed by atoms with van der Waals surface area (Å²) in [5.41, 5.74) is -0.874. The largest absolute Gasteiger partial charge is 0.321 e. The molecule has 17 heavy (non-hydrogen) atoms. The molecule has 1 saturated carbocycles. The van der Waals surface area contributed by atoms with Crippen LogP contribution in [0.3, 0.4) is 0 Å². The molecule has 0 heterocycles. The molecule has 1 N–H and O–H groups in total. The maximum absolute atomic E-state index is 13.5. The van der Waals surface area contributed by atoms with Gasteiger partial charge in [-0.25, -0.2) is 4.39 Å². The monoisotopic (exact) mass is 296 g/mol. The zero-order valence-corrected chi connectivity index (χ0v) is 10.6. The van der Waals surface area contributed by atoms with E-state index in [1.54, 1.807) is 12.1 Å². The molecule has 1 amide bonds. The molecular weight excluding hydrogens is 287 g/mol. The van der Waals surface area contributed by atoms with Crippen molar-refractivity contribution in [1.29, 1.82) is 5.26 Å². The van der Waals surface area contributed by atoms with Gasteiger partial charge in [0.15, 0.2) is 0 Å². The number of hydrogen-bond acceptors (Lipinski definition) is 2. The molecule has 0 spiro atoms. The average molecular weight is 297 g/mol. The van der Waals surface area contributed by atoms with E-state index in [-0.39, 0.29) is 5.69 Å². The van der Waals surface area contributed by atoms with E-state index in [1.165, 1.54) is 6.07 Å². The van der Waals surface area contributed by atoms with Crippen LogP contribution < -0.4 is 5.32 Å². The number of anilines is 1. The van der Waals surface area contributed by atoms with Gasteiger partial charge in [-0.15, -0.1) is 0 Å². The first-order valence-electron chi connectivity index (χ1n) is 5.26. The van der Waals surface area contributed by atoms with Gasteiger partial charge in [0.1, 0.15) is 11.2 Å². The Morgan fingerprint density at radius 1 is 1.53 bits per heavy atom. The summed E-state index contributed by atoms with van der Waals surface area (Å²) in [4.78, 5) is 11.9. The standard InChI is InChI=1S/C12H10BrFN2O/c13-8-3-1-4-9(14)10(8)16-11(17)12(7-15)5-2-6-12/h1,3-4H,2,5-6H2,(H,16,17). The summed E-state index contributed by atoms with van der Waals surface area (Å²) in [5.74, 6) is -0.933. The van der Waals surface area contributed by atoms with Crippen LogP contribution in [0, 0.1) is 22.6 Å². The number of nitriles is 1. The fraction of sp³-hybridized carbons (Fsp3) is 0.333. The number of nitrogens with one attached hydrogen (secondary N) is 1. The summed E-state index contributed by atoms with van der Waals surface area (Å²) in [6, 6.07) is 6.47. The highest BCUT2D eigenvalue weighted by Crippen LogP contribution is 2.41. The zero-order chi connectivity index (χ0) is 12.5.